The third kappa shape index (κ3) is 5.59. The number of aryl methyl sites for hydroxylation is 3. The van der Waals surface area contributed by atoms with Crippen molar-refractivity contribution in [2.45, 2.75) is 27.2 Å². The summed E-state index contributed by atoms with van der Waals surface area (Å²) in [6.45, 7) is 6.07. The first-order chi connectivity index (χ1) is 14.3. The SMILES string of the molecule is Cc1cc(C)cc(Cc2ccc(/C=C(\C#N)C(=O)Nc3cc(Cl)ccc3C)cc2)c1. The van der Waals surface area contributed by atoms with Gasteiger partial charge < -0.3 is 5.32 Å². The molecule has 3 aromatic rings. The average Bonchev–Trinajstić information content (AvgIpc) is 2.69. The minimum Gasteiger partial charge on any atom is -0.321 e. The second-order valence-corrected chi connectivity index (χ2v) is 7.93. The maximum absolute atomic E-state index is 12.5. The fourth-order valence-corrected chi connectivity index (χ4v) is 3.54. The Bertz CT molecular complexity index is 1130. The Morgan fingerprint density at radius 2 is 1.63 bits per heavy atom. The van der Waals surface area contributed by atoms with Gasteiger partial charge in [0.1, 0.15) is 11.6 Å². The number of amides is 1. The highest BCUT2D eigenvalue weighted by Crippen LogP contribution is 2.21. The number of nitrogens with zero attached hydrogens (tertiary/aromatic N) is 1. The Kier molecular flexibility index (Phi) is 6.72. The van der Waals surface area contributed by atoms with Crippen LogP contribution < -0.4 is 5.32 Å². The lowest BCUT2D eigenvalue weighted by atomic mass is 9.99. The maximum atomic E-state index is 12.5. The number of rotatable bonds is 5. The Balaban J connectivity index is 1.75. The van der Waals surface area contributed by atoms with Crippen LogP contribution in [0.15, 0.2) is 66.2 Å². The molecule has 0 fully saturated rings. The topological polar surface area (TPSA) is 52.9 Å². The van der Waals surface area contributed by atoms with Crippen molar-refractivity contribution in [3.8, 4) is 6.07 Å². The Morgan fingerprint density at radius 3 is 2.27 bits per heavy atom. The van der Waals surface area contributed by atoms with Gasteiger partial charge in [0.15, 0.2) is 0 Å². The Hall–Kier alpha value is -3.35. The van der Waals surface area contributed by atoms with Gasteiger partial charge in [-0.2, -0.15) is 5.26 Å². The van der Waals surface area contributed by atoms with Crippen molar-refractivity contribution >= 4 is 29.3 Å². The normalized spacial score (nSPS) is 11.1. The third-order valence-electron chi connectivity index (χ3n) is 4.79. The van der Waals surface area contributed by atoms with E-state index in [1.54, 1.807) is 18.2 Å². The second-order valence-electron chi connectivity index (χ2n) is 7.50. The third-order valence-corrected chi connectivity index (χ3v) is 5.03. The Labute approximate surface area is 182 Å². The quantitative estimate of drug-likeness (QED) is 0.387. The molecule has 0 aliphatic heterocycles. The summed E-state index contributed by atoms with van der Waals surface area (Å²) in [4.78, 5) is 12.5. The summed E-state index contributed by atoms with van der Waals surface area (Å²) >= 11 is 6.00. The van der Waals surface area contributed by atoms with E-state index < -0.39 is 5.91 Å². The predicted octanol–water partition coefficient (Wildman–Crippen LogP) is 6.40. The van der Waals surface area contributed by atoms with Crippen molar-refractivity contribution in [1.29, 1.82) is 5.26 Å². The second kappa shape index (κ2) is 9.43. The lowest BCUT2D eigenvalue weighted by molar-refractivity contribution is -0.112. The summed E-state index contributed by atoms with van der Waals surface area (Å²) in [7, 11) is 0. The summed E-state index contributed by atoms with van der Waals surface area (Å²) in [5.41, 5.74) is 7.26. The molecule has 0 aliphatic rings. The standard InChI is InChI=1S/C26H23ClN2O/c1-17-10-18(2)12-22(11-17)13-20-5-7-21(8-6-20)14-23(16-28)26(30)29-25-15-24(27)9-4-19(25)3/h4-12,14-15H,13H2,1-3H3,(H,29,30)/b23-14+. The van der Waals surface area contributed by atoms with Crippen LogP contribution in [0.4, 0.5) is 5.69 Å². The van der Waals surface area contributed by atoms with Crippen molar-refractivity contribution in [3.05, 3.63) is 105 Å². The van der Waals surface area contributed by atoms with Gasteiger partial charge in [0.25, 0.3) is 5.91 Å². The number of carbonyl (C=O) groups excluding carboxylic acids is 1. The molecule has 0 spiro atoms. The molecule has 3 nitrogen and oxygen atoms in total. The summed E-state index contributed by atoms with van der Waals surface area (Å²) < 4.78 is 0. The van der Waals surface area contributed by atoms with E-state index in [4.69, 9.17) is 11.6 Å². The molecule has 0 saturated heterocycles. The van der Waals surface area contributed by atoms with Crippen molar-refractivity contribution in [2.24, 2.45) is 0 Å². The lowest BCUT2D eigenvalue weighted by Crippen LogP contribution is -2.14. The van der Waals surface area contributed by atoms with E-state index in [9.17, 15) is 10.1 Å². The number of hydrogen-bond acceptors (Lipinski definition) is 2. The van der Waals surface area contributed by atoms with E-state index in [2.05, 4.69) is 37.4 Å². The molecule has 0 bridgehead atoms. The average molecular weight is 415 g/mol. The van der Waals surface area contributed by atoms with Gasteiger partial charge in [0.2, 0.25) is 0 Å². The Morgan fingerprint density at radius 1 is 0.967 bits per heavy atom. The number of nitriles is 1. The van der Waals surface area contributed by atoms with E-state index in [1.165, 1.54) is 22.3 Å². The van der Waals surface area contributed by atoms with E-state index in [0.29, 0.717) is 10.7 Å². The summed E-state index contributed by atoms with van der Waals surface area (Å²) in [5, 5.41) is 12.7. The van der Waals surface area contributed by atoms with Crippen LogP contribution >= 0.6 is 11.6 Å². The zero-order chi connectivity index (χ0) is 21.7. The molecule has 150 valence electrons. The van der Waals surface area contributed by atoms with E-state index in [0.717, 1.165) is 17.5 Å². The van der Waals surface area contributed by atoms with Crippen molar-refractivity contribution in [2.75, 3.05) is 5.32 Å². The molecule has 30 heavy (non-hydrogen) atoms. The van der Waals surface area contributed by atoms with Crippen LogP contribution in [0.2, 0.25) is 5.02 Å². The van der Waals surface area contributed by atoms with Gasteiger partial charge in [-0.1, -0.05) is 71.3 Å². The number of anilines is 1. The number of carbonyl (C=O) groups is 1. The van der Waals surface area contributed by atoms with Crippen LogP contribution in [0.5, 0.6) is 0 Å². The molecule has 0 heterocycles. The molecule has 0 unspecified atom stereocenters. The van der Waals surface area contributed by atoms with Crippen molar-refractivity contribution in [3.63, 3.8) is 0 Å². The lowest BCUT2D eigenvalue weighted by Gasteiger charge is -2.08. The number of benzene rings is 3. The molecule has 0 saturated carbocycles. The highest BCUT2D eigenvalue weighted by atomic mass is 35.5. The molecule has 3 rings (SSSR count). The molecule has 0 aliphatic carbocycles. The minimum absolute atomic E-state index is 0.0384. The van der Waals surface area contributed by atoms with Gasteiger partial charge >= 0.3 is 0 Å². The first kappa shape index (κ1) is 21.4. The molecule has 1 N–H and O–H groups in total. The van der Waals surface area contributed by atoms with E-state index in [1.807, 2.05) is 43.3 Å². The number of nitrogens with one attached hydrogen (secondary N) is 1. The molecule has 1 amide bonds. The first-order valence-corrected chi connectivity index (χ1v) is 10.1. The molecule has 4 heteroatoms. The first-order valence-electron chi connectivity index (χ1n) is 9.69. The summed E-state index contributed by atoms with van der Waals surface area (Å²) in [6.07, 6.45) is 2.43. The molecule has 0 aromatic heterocycles. The van der Waals surface area contributed by atoms with E-state index in [-0.39, 0.29) is 5.57 Å². The summed E-state index contributed by atoms with van der Waals surface area (Å²) in [5.74, 6) is -0.456. The van der Waals surface area contributed by atoms with Gasteiger partial charge in [-0.05, 0) is 67.7 Å². The van der Waals surface area contributed by atoms with Gasteiger partial charge in [0.05, 0.1) is 0 Å². The zero-order valence-electron chi connectivity index (χ0n) is 17.3. The molecular formula is C26H23ClN2O. The molecule has 0 radical (unpaired) electrons. The largest absolute Gasteiger partial charge is 0.321 e. The monoisotopic (exact) mass is 414 g/mol. The molecule has 3 aromatic carbocycles. The van der Waals surface area contributed by atoms with Gasteiger partial charge in [-0.3, -0.25) is 4.79 Å². The maximum Gasteiger partial charge on any atom is 0.266 e. The van der Waals surface area contributed by atoms with Crippen LogP contribution in [0.3, 0.4) is 0 Å². The van der Waals surface area contributed by atoms with Crippen LogP contribution in [0.1, 0.15) is 33.4 Å². The van der Waals surface area contributed by atoms with Crippen molar-refractivity contribution < 1.29 is 4.79 Å². The molecule has 0 atom stereocenters. The molecular weight excluding hydrogens is 392 g/mol. The highest BCUT2D eigenvalue weighted by molar-refractivity contribution is 6.31. The van der Waals surface area contributed by atoms with Crippen LogP contribution in [-0.2, 0) is 11.2 Å². The van der Waals surface area contributed by atoms with Crippen LogP contribution in [0, 0.1) is 32.1 Å². The van der Waals surface area contributed by atoms with Gasteiger partial charge in [-0.15, -0.1) is 0 Å². The van der Waals surface area contributed by atoms with Crippen LogP contribution in [-0.4, -0.2) is 5.91 Å². The fourth-order valence-electron chi connectivity index (χ4n) is 3.37. The van der Waals surface area contributed by atoms with E-state index >= 15 is 0 Å². The van der Waals surface area contributed by atoms with Gasteiger partial charge in [-0.25, -0.2) is 0 Å². The van der Waals surface area contributed by atoms with Crippen LogP contribution in [0.25, 0.3) is 6.08 Å². The van der Waals surface area contributed by atoms with Gasteiger partial charge in [0, 0.05) is 10.7 Å². The fraction of sp³-hybridized carbons (Fsp3) is 0.154. The number of hydrogen-bond donors (Lipinski definition) is 1. The highest BCUT2D eigenvalue weighted by Gasteiger charge is 2.11. The smallest absolute Gasteiger partial charge is 0.266 e. The van der Waals surface area contributed by atoms with Crippen molar-refractivity contribution in [1.82, 2.24) is 0 Å². The minimum atomic E-state index is -0.456. The predicted molar refractivity (Wildman–Crippen MR) is 124 cm³/mol. The number of halogens is 1. The zero-order valence-corrected chi connectivity index (χ0v) is 18.0. The summed E-state index contributed by atoms with van der Waals surface area (Å²) in [6, 6.07) is 21.7.